The molecule has 0 aromatic carbocycles. The lowest BCUT2D eigenvalue weighted by molar-refractivity contribution is -0.199. The molecule has 0 aliphatic heterocycles. The highest BCUT2D eigenvalue weighted by Gasteiger charge is 2.40. The van der Waals surface area contributed by atoms with E-state index in [0.717, 1.165) is 0 Å². The number of esters is 1. The van der Waals surface area contributed by atoms with Gasteiger partial charge in [-0.1, -0.05) is 13.8 Å². The molecule has 2 nitrogen and oxygen atoms in total. The second-order valence-electron chi connectivity index (χ2n) is 1.22. The second-order valence-corrected chi connectivity index (χ2v) is 1.22. The summed E-state index contributed by atoms with van der Waals surface area (Å²) in [5, 5.41) is 0. The fraction of sp³-hybridized carbons (Fsp3) is 0.833. The number of ether oxygens (including phenoxy) is 1. The molecule has 0 fully saturated rings. The van der Waals surface area contributed by atoms with Crippen molar-refractivity contribution >= 4 is 5.97 Å². The van der Waals surface area contributed by atoms with Crippen molar-refractivity contribution in [3.05, 3.63) is 0 Å². The minimum Gasteiger partial charge on any atom is -0.459 e. The fourth-order valence-corrected chi connectivity index (χ4v) is 0.213. The summed E-state index contributed by atoms with van der Waals surface area (Å²) in [7, 11) is 0. The summed E-state index contributed by atoms with van der Waals surface area (Å²) in [6.07, 6.45) is -4.85. The smallest absolute Gasteiger partial charge is 0.459 e. The van der Waals surface area contributed by atoms with E-state index in [9.17, 15) is 18.0 Å². The molecule has 68 valence electrons. The van der Waals surface area contributed by atoms with Gasteiger partial charge in [0.25, 0.3) is 0 Å². The molecular weight excluding hydrogens is 161 g/mol. The number of halogens is 3. The van der Waals surface area contributed by atoms with Crippen LogP contribution in [0.15, 0.2) is 0 Å². The molecule has 0 heterocycles. The fourth-order valence-electron chi connectivity index (χ4n) is 0.213. The maximum atomic E-state index is 11.2. The predicted octanol–water partition coefficient (Wildman–Crippen LogP) is 2.14. The van der Waals surface area contributed by atoms with E-state index in [-0.39, 0.29) is 6.61 Å². The monoisotopic (exact) mass is 172 g/mol. The number of rotatable bonds is 1. The molecule has 0 radical (unpaired) electrons. The van der Waals surface area contributed by atoms with E-state index in [1.54, 1.807) is 0 Å². The minimum atomic E-state index is -4.85. The minimum absolute atomic E-state index is 0.252. The largest absolute Gasteiger partial charge is 0.490 e. The Balaban J connectivity index is 0. The SMILES string of the molecule is CC.CCOC(=O)C(F)(F)F. The summed E-state index contributed by atoms with van der Waals surface area (Å²) in [5.74, 6) is -2.13. The molecule has 0 aromatic rings. The molecule has 0 atom stereocenters. The summed E-state index contributed by atoms with van der Waals surface area (Å²) >= 11 is 0. The molecule has 0 aromatic heterocycles. The van der Waals surface area contributed by atoms with Gasteiger partial charge in [-0.3, -0.25) is 0 Å². The standard InChI is InChI=1S/C4H5F3O2.C2H6/c1-2-9-3(8)4(5,6)7;1-2/h2H2,1H3;1-2H3. The average molecular weight is 172 g/mol. The molecule has 0 bridgehead atoms. The first-order valence-corrected chi connectivity index (χ1v) is 3.22. The average Bonchev–Trinajstić information content (AvgIpc) is 1.91. The van der Waals surface area contributed by atoms with E-state index in [4.69, 9.17) is 0 Å². The Labute approximate surface area is 63.3 Å². The Morgan fingerprint density at radius 3 is 1.82 bits per heavy atom. The number of hydrogen-bond acceptors (Lipinski definition) is 2. The van der Waals surface area contributed by atoms with Gasteiger partial charge in [0.15, 0.2) is 0 Å². The van der Waals surface area contributed by atoms with Crippen molar-refractivity contribution in [1.82, 2.24) is 0 Å². The molecular formula is C6H11F3O2. The van der Waals surface area contributed by atoms with Gasteiger partial charge in [-0.05, 0) is 6.92 Å². The Morgan fingerprint density at radius 2 is 1.73 bits per heavy atom. The van der Waals surface area contributed by atoms with Crippen LogP contribution in [0.3, 0.4) is 0 Å². The normalized spacial score (nSPS) is 9.64. The van der Waals surface area contributed by atoms with Crippen molar-refractivity contribution in [2.24, 2.45) is 0 Å². The van der Waals surface area contributed by atoms with Crippen molar-refractivity contribution in [3.8, 4) is 0 Å². The lowest BCUT2D eigenvalue weighted by Gasteiger charge is -2.02. The van der Waals surface area contributed by atoms with Crippen LogP contribution in [0.4, 0.5) is 13.2 Å². The zero-order valence-electron chi connectivity index (χ0n) is 6.66. The highest BCUT2D eigenvalue weighted by molar-refractivity contribution is 5.75. The summed E-state index contributed by atoms with van der Waals surface area (Å²) in [5.41, 5.74) is 0. The molecule has 5 heteroatoms. The Bertz CT molecular complexity index is 109. The molecule has 0 rings (SSSR count). The quantitative estimate of drug-likeness (QED) is 0.566. The molecule has 11 heavy (non-hydrogen) atoms. The molecule has 0 aliphatic rings. The maximum absolute atomic E-state index is 11.2. The third kappa shape index (κ3) is 7.15. The van der Waals surface area contributed by atoms with Crippen LogP contribution < -0.4 is 0 Å². The van der Waals surface area contributed by atoms with Crippen LogP contribution in [-0.4, -0.2) is 18.8 Å². The van der Waals surface area contributed by atoms with Gasteiger partial charge in [-0.2, -0.15) is 13.2 Å². The lowest BCUT2D eigenvalue weighted by atomic mass is 10.7. The number of carbonyl (C=O) groups excluding carboxylic acids is 1. The Morgan fingerprint density at radius 1 is 1.36 bits per heavy atom. The second kappa shape index (κ2) is 6.00. The summed E-state index contributed by atoms with van der Waals surface area (Å²) in [4.78, 5) is 9.72. The molecule has 0 amide bonds. The third-order valence-electron chi connectivity index (χ3n) is 0.507. The van der Waals surface area contributed by atoms with Gasteiger partial charge in [0.1, 0.15) is 0 Å². The van der Waals surface area contributed by atoms with Crippen molar-refractivity contribution < 1.29 is 22.7 Å². The van der Waals surface area contributed by atoms with Gasteiger partial charge >= 0.3 is 12.1 Å². The van der Waals surface area contributed by atoms with Crippen molar-refractivity contribution in [1.29, 1.82) is 0 Å². The summed E-state index contributed by atoms with van der Waals surface area (Å²) < 4.78 is 37.1. The molecule has 0 aliphatic carbocycles. The topological polar surface area (TPSA) is 26.3 Å². The van der Waals surface area contributed by atoms with Crippen LogP contribution in [0.1, 0.15) is 20.8 Å². The zero-order valence-corrected chi connectivity index (χ0v) is 6.66. The van der Waals surface area contributed by atoms with Crippen molar-refractivity contribution in [2.45, 2.75) is 26.9 Å². The zero-order chi connectivity index (χ0) is 9.49. The first kappa shape index (κ1) is 12.9. The maximum Gasteiger partial charge on any atom is 0.490 e. The first-order valence-electron chi connectivity index (χ1n) is 3.22. The van der Waals surface area contributed by atoms with Crippen LogP contribution in [0, 0.1) is 0 Å². The van der Waals surface area contributed by atoms with Crippen LogP contribution in [0.25, 0.3) is 0 Å². The molecule has 0 spiro atoms. The number of hydrogen-bond donors (Lipinski definition) is 0. The van der Waals surface area contributed by atoms with Gasteiger partial charge in [-0.15, -0.1) is 0 Å². The molecule has 0 unspecified atom stereocenters. The van der Waals surface area contributed by atoms with E-state index in [1.807, 2.05) is 13.8 Å². The molecule has 0 saturated carbocycles. The predicted molar refractivity (Wildman–Crippen MR) is 34.0 cm³/mol. The number of alkyl halides is 3. The van der Waals surface area contributed by atoms with E-state index >= 15 is 0 Å². The van der Waals surface area contributed by atoms with E-state index in [1.165, 1.54) is 6.92 Å². The van der Waals surface area contributed by atoms with Crippen molar-refractivity contribution in [3.63, 3.8) is 0 Å². The highest BCUT2D eigenvalue weighted by Crippen LogP contribution is 2.15. The van der Waals surface area contributed by atoms with Gasteiger partial charge in [0, 0.05) is 0 Å². The summed E-state index contributed by atoms with van der Waals surface area (Å²) in [6, 6.07) is 0. The lowest BCUT2D eigenvalue weighted by Crippen LogP contribution is -2.25. The van der Waals surface area contributed by atoms with Gasteiger partial charge in [0.2, 0.25) is 0 Å². The van der Waals surface area contributed by atoms with Crippen LogP contribution in [0.5, 0.6) is 0 Å². The van der Waals surface area contributed by atoms with Gasteiger partial charge in [-0.25, -0.2) is 4.79 Å². The van der Waals surface area contributed by atoms with Crippen LogP contribution in [0.2, 0.25) is 0 Å². The van der Waals surface area contributed by atoms with Gasteiger partial charge in [0.05, 0.1) is 6.61 Å². The molecule has 0 N–H and O–H groups in total. The highest BCUT2D eigenvalue weighted by atomic mass is 19.4. The van der Waals surface area contributed by atoms with Gasteiger partial charge < -0.3 is 4.74 Å². The van der Waals surface area contributed by atoms with Crippen LogP contribution in [-0.2, 0) is 9.53 Å². The first-order chi connectivity index (χ1) is 4.98. The summed E-state index contributed by atoms with van der Waals surface area (Å²) in [6.45, 7) is 5.06. The Hall–Kier alpha value is -0.740. The van der Waals surface area contributed by atoms with E-state index < -0.39 is 12.1 Å². The molecule has 0 saturated heterocycles. The van der Waals surface area contributed by atoms with Crippen LogP contribution >= 0.6 is 0 Å². The third-order valence-corrected chi connectivity index (χ3v) is 0.507. The van der Waals surface area contributed by atoms with E-state index in [2.05, 4.69) is 4.74 Å². The van der Waals surface area contributed by atoms with Crippen molar-refractivity contribution in [2.75, 3.05) is 6.61 Å². The van der Waals surface area contributed by atoms with E-state index in [0.29, 0.717) is 0 Å². The Kier molecular flexibility index (Phi) is 7.04. The number of carbonyl (C=O) groups is 1.